The molecule has 0 radical (unpaired) electrons. The molecule has 0 unspecified atom stereocenters. The van der Waals surface area contributed by atoms with Crippen molar-refractivity contribution in [3.05, 3.63) is 59.7 Å². The van der Waals surface area contributed by atoms with Gasteiger partial charge in [-0.1, -0.05) is 18.7 Å². The molecule has 1 heterocycles. The Kier molecular flexibility index (Phi) is 5.89. The van der Waals surface area contributed by atoms with Crippen LogP contribution in [0, 0.1) is 5.41 Å². The lowest BCUT2D eigenvalue weighted by molar-refractivity contribution is -0.112. The van der Waals surface area contributed by atoms with Gasteiger partial charge in [0.2, 0.25) is 0 Å². The highest BCUT2D eigenvalue weighted by molar-refractivity contribution is 6.18. The third kappa shape index (κ3) is 4.43. The molecule has 0 aromatic heterocycles. The first kappa shape index (κ1) is 18.2. The summed E-state index contributed by atoms with van der Waals surface area (Å²) < 4.78 is 31.3. The number of benzene rings is 1. The molecule has 1 aromatic carbocycles. The molecular weight excluding hydrogens is 330 g/mol. The molecule has 2 rings (SSSR count). The zero-order valence-electron chi connectivity index (χ0n) is 13.5. The van der Waals surface area contributed by atoms with Gasteiger partial charge < -0.3 is 26.1 Å². The number of carbonyl (C=O) groups is 1. The molecule has 6 nitrogen and oxygen atoms in total. The van der Waals surface area contributed by atoms with Crippen LogP contribution in [0.15, 0.2) is 59.7 Å². The van der Waals surface area contributed by atoms with Crippen molar-refractivity contribution < 1.29 is 18.3 Å². The zero-order chi connectivity index (χ0) is 18.4. The molecule has 0 bridgehead atoms. The first-order valence-electron chi connectivity index (χ1n) is 7.46. The van der Waals surface area contributed by atoms with Crippen LogP contribution in [0.4, 0.5) is 14.5 Å². The Balaban J connectivity index is 2.29. The van der Waals surface area contributed by atoms with Crippen molar-refractivity contribution in [2.75, 3.05) is 11.9 Å². The SMILES string of the molecule is C=C1C=C(C(F)F)N/C(=C(\C=N)C(=O)Nc2ccccc2OCC)N1. The number of para-hydroxylation sites is 2. The molecule has 0 saturated carbocycles. The molecule has 25 heavy (non-hydrogen) atoms. The Bertz CT molecular complexity index is 757. The van der Waals surface area contributed by atoms with Crippen molar-refractivity contribution in [2.45, 2.75) is 13.3 Å². The topological polar surface area (TPSA) is 86.2 Å². The third-order valence-electron chi connectivity index (χ3n) is 3.21. The van der Waals surface area contributed by atoms with Gasteiger partial charge in [0.15, 0.2) is 0 Å². The van der Waals surface area contributed by atoms with Crippen LogP contribution in [-0.4, -0.2) is 25.2 Å². The van der Waals surface area contributed by atoms with E-state index in [2.05, 4.69) is 22.5 Å². The summed E-state index contributed by atoms with van der Waals surface area (Å²) in [7, 11) is 0. The summed E-state index contributed by atoms with van der Waals surface area (Å²) in [5, 5.41) is 15.2. The molecular formula is C17H18F2N4O2. The number of hydrogen-bond donors (Lipinski definition) is 4. The van der Waals surface area contributed by atoms with E-state index in [-0.39, 0.29) is 17.1 Å². The zero-order valence-corrected chi connectivity index (χ0v) is 13.5. The summed E-state index contributed by atoms with van der Waals surface area (Å²) in [5.74, 6) is -0.223. The molecule has 1 amide bonds. The van der Waals surface area contributed by atoms with E-state index >= 15 is 0 Å². The lowest BCUT2D eigenvalue weighted by Gasteiger charge is -2.23. The van der Waals surface area contributed by atoms with E-state index in [1.807, 2.05) is 6.92 Å². The van der Waals surface area contributed by atoms with Crippen LogP contribution in [-0.2, 0) is 4.79 Å². The molecule has 1 aliphatic heterocycles. The molecule has 1 aromatic rings. The van der Waals surface area contributed by atoms with E-state index < -0.39 is 18.0 Å². The molecule has 0 spiro atoms. The van der Waals surface area contributed by atoms with Crippen LogP contribution in [0.2, 0.25) is 0 Å². The van der Waals surface area contributed by atoms with Gasteiger partial charge >= 0.3 is 0 Å². The number of anilines is 1. The fourth-order valence-electron chi connectivity index (χ4n) is 2.14. The minimum atomic E-state index is -2.76. The van der Waals surface area contributed by atoms with E-state index in [0.29, 0.717) is 18.0 Å². The van der Waals surface area contributed by atoms with E-state index in [4.69, 9.17) is 10.1 Å². The van der Waals surface area contributed by atoms with E-state index in [1.165, 1.54) is 0 Å². The number of amides is 1. The van der Waals surface area contributed by atoms with Gasteiger partial charge in [-0.2, -0.15) is 0 Å². The smallest absolute Gasteiger partial charge is 0.278 e. The first-order chi connectivity index (χ1) is 12.0. The lowest BCUT2D eigenvalue weighted by Crippen LogP contribution is -2.36. The van der Waals surface area contributed by atoms with Gasteiger partial charge in [0.1, 0.15) is 11.6 Å². The standard InChI is InChI=1S/C17H18F2N4O2/c1-3-25-14-7-5-4-6-12(14)23-17(24)11(9-20)16-21-10(2)8-13(22-16)15(18)19/h4-9,15,20-22H,2-3H2,1H3,(H,23,24)/b16-11+,20-9?. The summed E-state index contributed by atoms with van der Waals surface area (Å²) >= 11 is 0. The largest absolute Gasteiger partial charge is 0.492 e. The van der Waals surface area contributed by atoms with Crippen molar-refractivity contribution in [3.8, 4) is 5.75 Å². The van der Waals surface area contributed by atoms with Crippen LogP contribution in [0.3, 0.4) is 0 Å². The third-order valence-corrected chi connectivity index (χ3v) is 3.21. The Morgan fingerprint density at radius 3 is 2.76 bits per heavy atom. The number of hydrogen-bond acceptors (Lipinski definition) is 5. The lowest BCUT2D eigenvalue weighted by atomic mass is 10.2. The Morgan fingerprint density at radius 2 is 2.12 bits per heavy atom. The quantitative estimate of drug-likeness (QED) is 0.470. The van der Waals surface area contributed by atoms with Crippen LogP contribution >= 0.6 is 0 Å². The van der Waals surface area contributed by atoms with Gasteiger partial charge in [-0.15, -0.1) is 0 Å². The van der Waals surface area contributed by atoms with Crippen LogP contribution < -0.4 is 20.7 Å². The normalized spacial score (nSPS) is 15.7. The summed E-state index contributed by atoms with van der Waals surface area (Å²) in [4.78, 5) is 12.5. The van der Waals surface area contributed by atoms with Gasteiger partial charge in [-0.25, -0.2) is 8.78 Å². The number of alkyl halides is 2. The number of carbonyl (C=O) groups excluding carboxylic acids is 1. The molecule has 0 atom stereocenters. The predicted molar refractivity (Wildman–Crippen MR) is 91.5 cm³/mol. The number of halogens is 2. The summed E-state index contributed by atoms with van der Waals surface area (Å²) in [6, 6.07) is 6.80. The fourth-order valence-corrected chi connectivity index (χ4v) is 2.14. The monoisotopic (exact) mass is 348 g/mol. The number of ether oxygens (including phenoxy) is 1. The van der Waals surface area contributed by atoms with Crippen molar-refractivity contribution in [3.63, 3.8) is 0 Å². The Morgan fingerprint density at radius 1 is 1.40 bits per heavy atom. The summed E-state index contributed by atoms with van der Waals surface area (Å²) in [6.45, 7) is 5.80. The molecule has 0 saturated heterocycles. The van der Waals surface area contributed by atoms with Gasteiger partial charge in [0.25, 0.3) is 12.3 Å². The van der Waals surface area contributed by atoms with E-state index in [0.717, 1.165) is 12.3 Å². The van der Waals surface area contributed by atoms with Crippen molar-refractivity contribution in [1.82, 2.24) is 10.6 Å². The van der Waals surface area contributed by atoms with Gasteiger partial charge in [-0.3, -0.25) is 4.79 Å². The first-order valence-corrected chi connectivity index (χ1v) is 7.46. The van der Waals surface area contributed by atoms with E-state index in [9.17, 15) is 13.6 Å². The fraction of sp³-hybridized carbons (Fsp3) is 0.176. The van der Waals surface area contributed by atoms with E-state index in [1.54, 1.807) is 24.3 Å². The van der Waals surface area contributed by atoms with Crippen LogP contribution in [0.25, 0.3) is 0 Å². The van der Waals surface area contributed by atoms with Crippen LogP contribution in [0.5, 0.6) is 5.75 Å². The average molecular weight is 348 g/mol. The molecule has 132 valence electrons. The Labute approximate surface area is 143 Å². The van der Waals surface area contributed by atoms with Gasteiger partial charge in [0, 0.05) is 11.9 Å². The molecule has 4 N–H and O–H groups in total. The summed E-state index contributed by atoms with van der Waals surface area (Å²) in [5.41, 5.74) is 0.0406. The summed E-state index contributed by atoms with van der Waals surface area (Å²) in [6.07, 6.45) is -0.851. The molecule has 0 fully saturated rings. The highest BCUT2D eigenvalue weighted by Gasteiger charge is 2.22. The van der Waals surface area contributed by atoms with Gasteiger partial charge in [-0.05, 0) is 25.1 Å². The van der Waals surface area contributed by atoms with Crippen molar-refractivity contribution in [2.24, 2.45) is 0 Å². The van der Waals surface area contributed by atoms with Crippen molar-refractivity contribution >= 4 is 17.8 Å². The second-order valence-corrected chi connectivity index (χ2v) is 4.99. The maximum atomic E-state index is 12.9. The second-order valence-electron chi connectivity index (χ2n) is 4.99. The minimum Gasteiger partial charge on any atom is -0.492 e. The van der Waals surface area contributed by atoms with Crippen LogP contribution in [0.1, 0.15) is 6.92 Å². The Hall–Kier alpha value is -3.16. The highest BCUT2D eigenvalue weighted by atomic mass is 19.3. The average Bonchev–Trinajstić information content (AvgIpc) is 2.57. The van der Waals surface area contributed by atoms with Crippen molar-refractivity contribution in [1.29, 1.82) is 5.41 Å². The van der Waals surface area contributed by atoms with Gasteiger partial charge in [0.05, 0.1) is 23.6 Å². The second kappa shape index (κ2) is 8.09. The molecule has 0 aliphatic carbocycles. The maximum Gasteiger partial charge on any atom is 0.278 e. The number of nitrogens with one attached hydrogen (secondary N) is 4. The molecule has 1 aliphatic rings. The number of rotatable bonds is 6. The maximum absolute atomic E-state index is 12.9. The highest BCUT2D eigenvalue weighted by Crippen LogP contribution is 2.24. The minimum absolute atomic E-state index is 0.0378. The molecule has 8 heteroatoms. The predicted octanol–water partition coefficient (Wildman–Crippen LogP) is 2.74. The number of allylic oxidation sites excluding steroid dienone is 2.